The first kappa shape index (κ1) is 15.6. The lowest BCUT2D eigenvalue weighted by Gasteiger charge is -2.39. The van der Waals surface area contributed by atoms with E-state index in [0.717, 1.165) is 12.0 Å². The van der Waals surface area contributed by atoms with Crippen molar-refractivity contribution in [2.45, 2.75) is 68.8 Å². The summed E-state index contributed by atoms with van der Waals surface area (Å²) >= 11 is 1.77. The van der Waals surface area contributed by atoms with Crippen LogP contribution in [0.2, 0.25) is 0 Å². The smallest absolute Gasteiger partial charge is 0.0564 e. The Bertz CT molecular complexity index is 255. The first-order valence-corrected chi connectivity index (χ1v) is 9.18. The minimum absolute atomic E-state index is 0.272. The molecule has 0 bridgehead atoms. The van der Waals surface area contributed by atoms with Crippen LogP contribution in [0.3, 0.4) is 0 Å². The summed E-state index contributed by atoms with van der Waals surface area (Å²) in [6.45, 7) is 3.70. The van der Waals surface area contributed by atoms with Gasteiger partial charge in [0.2, 0.25) is 0 Å². The van der Waals surface area contributed by atoms with Crippen LogP contribution < -0.4 is 10.6 Å². The van der Waals surface area contributed by atoms with E-state index in [-0.39, 0.29) is 6.61 Å². The van der Waals surface area contributed by atoms with Crippen molar-refractivity contribution >= 4 is 11.8 Å². The van der Waals surface area contributed by atoms with Crippen LogP contribution in [0.15, 0.2) is 0 Å². The van der Waals surface area contributed by atoms with Crippen LogP contribution in [0, 0.1) is 5.92 Å². The third-order valence-electron chi connectivity index (χ3n) is 4.95. The molecule has 2 aliphatic rings. The maximum atomic E-state index is 9.43. The number of rotatable bonds is 6. The molecule has 1 aliphatic carbocycles. The molecular formula is C15H30N2OS. The van der Waals surface area contributed by atoms with Gasteiger partial charge in [-0.15, -0.1) is 0 Å². The van der Waals surface area contributed by atoms with E-state index in [0.29, 0.717) is 17.3 Å². The van der Waals surface area contributed by atoms with Gasteiger partial charge in [0.05, 0.1) is 6.61 Å². The highest BCUT2D eigenvalue weighted by molar-refractivity contribution is 7.99. The second-order valence-electron chi connectivity index (χ2n) is 6.17. The SMILES string of the molecule is CSC(CO)C(C)NC1CCCCC1C1CCCN1. The molecule has 3 N–H and O–H groups in total. The summed E-state index contributed by atoms with van der Waals surface area (Å²) < 4.78 is 0. The minimum atomic E-state index is 0.272. The van der Waals surface area contributed by atoms with Gasteiger partial charge in [0, 0.05) is 23.4 Å². The largest absolute Gasteiger partial charge is 0.395 e. The van der Waals surface area contributed by atoms with Gasteiger partial charge >= 0.3 is 0 Å². The van der Waals surface area contributed by atoms with E-state index in [1.807, 2.05) is 0 Å². The van der Waals surface area contributed by atoms with Crippen molar-refractivity contribution in [3.63, 3.8) is 0 Å². The van der Waals surface area contributed by atoms with Gasteiger partial charge < -0.3 is 15.7 Å². The Morgan fingerprint density at radius 2 is 2.05 bits per heavy atom. The third kappa shape index (κ3) is 4.10. The molecule has 1 saturated heterocycles. The predicted molar refractivity (Wildman–Crippen MR) is 83.8 cm³/mol. The van der Waals surface area contributed by atoms with E-state index in [1.165, 1.54) is 45.1 Å². The lowest BCUT2D eigenvalue weighted by Crippen LogP contribution is -2.52. The molecule has 5 atom stereocenters. The fourth-order valence-electron chi connectivity index (χ4n) is 3.81. The lowest BCUT2D eigenvalue weighted by atomic mass is 9.79. The molecule has 2 fully saturated rings. The van der Waals surface area contributed by atoms with Crippen molar-refractivity contribution < 1.29 is 5.11 Å². The molecule has 0 spiro atoms. The zero-order valence-corrected chi connectivity index (χ0v) is 13.2. The van der Waals surface area contributed by atoms with Gasteiger partial charge in [-0.05, 0) is 51.3 Å². The molecule has 112 valence electrons. The Kier molecular flexibility index (Phi) is 6.46. The highest BCUT2D eigenvalue weighted by atomic mass is 32.2. The zero-order chi connectivity index (χ0) is 13.7. The monoisotopic (exact) mass is 286 g/mol. The van der Waals surface area contributed by atoms with E-state index in [4.69, 9.17) is 0 Å². The normalized spacial score (nSPS) is 35.2. The molecule has 0 aromatic heterocycles. The van der Waals surface area contributed by atoms with Crippen molar-refractivity contribution in [2.24, 2.45) is 5.92 Å². The van der Waals surface area contributed by atoms with Gasteiger partial charge in [0.1, 0.15) is 0 Å². The molecule has 0 amide bonds. The molecule has 0 radical (unpaired) electrons. The van der Waals surface area contributed by atoms with Crippen LogP contribution in [-0.4, -0.2) is 47.9 Å². The summed E-state index contributed by atoms with van der Waals surface area (Å²) in [6, 6.07) is 1.76. The summed E-state index contributed by atoms with van der Waals surface area (Å²) in [7, 11) is 0. The van der Waals surface area contributed by atoms with Crippen LogP contribution in [-0.2, 0) is 0 Å². The third-order valence-corrected chi connectivity index (χ3v) is 6.11. The molecule has 5 unspecified atom stereocenters. The van der Waals surface area contributed by atoms with Crippen LogP contribution in [0.25, 0.3) is 0 Å². The maximum Gasteiger partial charge on any atom is 0.0564 e. The van der Waals surface area contributed by atoms with Crippen molar-refractivity contribution in [2.75, 3.05) is 19.4 Å². The number of aliphatic hydroxyl groups is 1. The van der Waals surface area contributed by atoms with Crippen molar-refractivity contribution in [3.8, 4) is 0 Å². The number of hydrogen-bond acceptors (Lipinski definition) is 4. The summed E-state index contributed by atoms with van der Waals surface area (Å²) in [6.07, 6.45) is 10.2. The van der Waals surface area contributed by atoms with Crippen molar-refractivity contribution in [1.82, 2.24) is 10.6 Å². The van der Waals surface area contributed by atoms with E-state index in [1.54, 1.807) is 11.8 Å². The quantitative estimate of drug-likeness (QED) is 0.699. The second kappa shape index (κ2) is 7.87. The van der Waals surface area contributed by atoms with Crippen LogP contribution >= 0.6 is 11.8 Å². The Labute approximate surface area is 122 Å². The Morgan fingerprint density at radius 1 is 1.26 bits per heavy atom. The zero-order valence-electron chi connectivity index (χ0n) is 12.4. The first-order chi connectivity index (χ1) is 9.26. The van der Waals surface area contributed by atoms with E-state index >= 15 is 0 Å². The van der Waals surface area contributed by atoms with Crippen LogP contribution in [0.4, 0.5) is 0 Å². The molecule has 4 heteroatoms. The fourth-order valence-corrected chi connectivity index (χ4v) is 4.44. The molecular weight excluding hydrogens is 256 g/mol. The minimum Gasteiger partial charge on any atom is -0.395 e. The van der Waals surface area contributed by atoms with Gasteiger partial charge in [-0.2, -0.15) is 11.8 Å². The lowest BCUT2D eigenvalue weighted by molar-refractivity contribution is 0.192. The number of hydrogen-bond donors (Lipinski definition) is 3. The van der Waals surface area contributed by atoms with Gasteiger partial charge in [0.25, 0.3) is 0 Å². The topological polar surface area (TPSA) is 44.3 Å². The summed E-state index contributed by atoms with van der Waals surface area (Å²) in [5, 5.41) is 17.3. The molecule has 1 aliphatic heterocycles. The van der Waals surface area contributed by atoms with Crippen LogP contribution in [0.5, 0.6) is 0 Å². The van der Waals surface area contributed by atoms with Gasteiger partial charge in [-0.1, -0.05) is 12.8 Å². The Balaban J connectivity index is 1.91. The highest BCUT2D eigenvalue weighted by Crippen LogP contribution is 2.31. The number of nitrogens with one attached hydrogen (secondary N) is 2. The molecule has 19 heavy (non-hydrogen) atoms. The standard InChI is InChI=1S/C15H30N2OS/c1-11(15(10-18)19-2)17-14-7-4-3-6-12(14)13-8-5-9-16-13/h11-18H,3-10H2,1-2H3. The molecule has 0 aromatic rings. The van der Waals surface area contributed by atoms with E-state index in [9.17, 15) is 5.11 Å². The average molecular weight is 286 g/mol. The van der Waals surface area contributed by atoms with Crippen molar-refractivity contribution in [3.05, 3.63) is 0 Å². The van der Waals surface area contributed by atoms with E-state index in [2.05, 4.69) is 23.8 Å². The molecule has 3 nitrogen and oxygen atoms in total. The summed E-state index contributed by atoms with van der Waals surface area (Å²) in [5.74, 6) is 0.792. The Hall–Kier alpha value is 0.230. The Morgan fingerprint density at radius 3 is 2.68 bits per heavy atom. The molecule has 1 saturated carbocycles. The first-order valence-electron chi connectivity index (χ1n) is 7.89. The number of thioether (sulfide) groups is 1. The van der Waals surface area contributed by atoms with Gasteiger partial charge in [-0.3, -0.25) is 0 Å². The van der Waals surface area contributed by atoms with Gasteiger partial charge in [-0.25, -0.2) is 0 Å². The molecule has 2 rings (SSSR count). The molecule has 1 heterocycles. The molecule has 0 aromatic carbocycles. The predicted octanol–water partition coefficient (Wildman–Crippen LogP) is 2.00. The highest BCUT2D eigenvalue weighted by Gasteiger charge is 2.34. The van der Waals surface area contributed by atoms with Crippen molar-refractivity contribution in [1.29, 1.82) is 0 Å². The summed E-state index contributed by atoms with van der Waals surface area (Å²) in [5.41, 5.74) is 0. The van der Waals surface area contributed by atoms with Gasteiger partial charge in [0.15, 0.2) is 0 Å². The fraction of sp³-hybridized carbons (Fsp3) is 1.00. The maximum absolute atomic E-state index is 9.43. The second-order valence-corrected chi connectivity index (χ2v) is 7.25. The summed E-state index contributed by atoms with van der Waals surface area (Å²) in [4.78, 5) is 0. The van der Waals surface area contributed by atoms with E-state index < -0.39 is 0 Å². The number of aliphatic hydroxyl groups excluding tert-OH is 1. The van der Waals surface area contributed by atoms with Crippen LogP contribution in [0.1, 0.15) is 45.4 Å². The average Bonchev–Trinajstić information content (AvgIpc) is 2.94.